The Morgan fingerprint density at radius 1 is 1.24 bits per heavy atom. The molecule has 0 radical (unpaired) electrons. The standard InChI is InChI=1S/C18H21N5OS/c1-13-21-15-5-11-25-17(15)18(22-13)20-12-16(14-4-2-3-6-19-14)23-7-9-24-10-8-23/h2-6,11,16H,7-10,12H2,1H3,(H,20,21,22). The van der Waals surface area contributed by atoms with Gasteiger partial charge in [-0.3, -0.25) is 9.88 Å². The molecule has 1 N–H and O–H groups in total. The van der Waals surface area contributed by atoms with Gasteiger partial charge in [0, 0.05) is 25.8 Å². The van der Waals surface area contributed by atoms with Gasteiger partial charge in [0.2, 0.25) is 0 Å². The largest absolute Gasteiger partial charge is 0.379 e. The number of hydrogen-bond donors (Lipinski definition) is 1. The Hall–Kier alpha value is -2.09. The Bertz CT molecular complexity index is 832. The van der Waals surface area contributed by atoms with Crippen molar-refractivity contribution in [2.75, 3.05) is 38.2 Å². The van der Waals surface area contributed by atoms with E-state index in [0.717, 1.165) is 60.4 Å². The molecule has 0 aliphatic carbocycles. The van der Waals surface area contributed by atoms with E-state index in [0.29, 0.717) is 0 Å². The molecule has 0 amide bonds. The molecule has 6 nitrogen and oxygen atoms in total. The summed E-state index contributed by atoms with van der Waals surface area (Å²) < 4.78 is 6.61. The topological polar surface area (TPSA) is 63.2 Å². The van der Waals surface area contributed by atoms with E-state index in [9.17, 15) is 0 Å². The first kappa shape index (κ1) is 16.4. The minimum Gasteiger partial charge on any atom is -0.379 e. The number of aryl methyl sites for hydroxylation is 1. The number of nitrogens with one attached hydrogen (secondary N) is 1. The predicted octanol–water partition coefficient (Wildman–Crippen LogP) is 2.88. The summed E-state index contributed by atoms with van der Waals surface area (Å²) >= 11 is 1.67. The lowest BCUT2D eigenvalue weighted by molar-refractivity contribution is 0.0179. The van der Waals surface area contributed by atoms with Crippen LogP contribution in [-0.4, -0.2) is 52.7 Å². The molecule has 1 saturated heterocycles. The first-order chi connectivity index (χ1) is 12.3. The van der Waals surface area contributed by atoms with Gasteiger partial charge in [-0.15, -0.1) is 11.3 Å². The number of aromatic nitrogens is 3. The predicted molar refractivity (Wildman–Crippen MR) is 100 cm³/mol. The Balaban J connectivity index is 1.59. The number of pyridine rings is 1. The molecule has 3 aromatic rings. The second kappa shape index (κ2) is 7.43. The zero-order valence-corrected chi connectivity index (χ0v) is 15.0. The molecule has 0 aromatic carbocycles. The molecular weight excluding hydrogens is 334 g/mol. The van der Waals surface area contributed by atoms with Crippen molar-refractivity contribution in [2.45, 2.75) is 13.0 Å². The fourth-order valence-electron chi connectivity index (χ4n) is 3.18. The fraction of sp³-hybridized carbons (Fsp3) is 0.389. The Morgan fingerprint density at radius 3 is 2.92 bits per heavy atom. The molecule has 25 heavy (non-hydrogen) atoms. The van der Waals surface area contributed by atoms with Crippen molar-refractivity contribution in [1.29, 1.82) is 0 Å². The number of anilines is 1. The highest BCUT2D eigenvalue weighted by Gasteiger charge is 2.24. The van der Waals surface area contributed by atoms with Crippen LogP contribution in [0.2, 0.25) is 0 Å². The van der Waals surface area contributed by atoms with Gasteiger partial charge in [-0.05, 0) is 30.5 Å². The maximum atomic E-state index is 5.51. The van der Waals surface area contributed by atoms with Crippen molar-refractivity contribution in [1.82, 2.24) is 19.9 Å². The minimum absolute atomic E-state index is 0.190. The van der Waals surface area contributed by atoms with Crippen molar-refractivity contribution >= 4 is 27.4 Å². The summed E-state index contributed by atoms with van der Waals surface area (Å²) in [6, 6.07) is 8.32. The molecule has 0 saturated carbocycles. The molecule has 1 aliphatic rings. The summed E-state index contributed by atoms with van der Waals surface area (Å²) in [5.41, 5.74) is 2.07. The van der Waals surface area contributed by atoms with Crippen LogP contribution < -0.4 is 5.32 Å². The number of nitrogens with zero attached hydrogens (tertiary/aromatic N) is 4. The molecule has 4 heterocycles. The molecule has 3 aromatic heterocycles. The van der Waals surface area contributed by atoms with Crippen molar-refractivity contribution in [3.05, 3.63) is 47.4 Å². The second-order valence-electron chi connectivity index (χ2n) is 6.05. The van der Waals surface area contributed by atoms with Crippen LogP contribution in [0.25, 0.3) is 10.2 Å². The second-order valence-corrected chi connectivity index (χ2v) is 6.97. The lowest BCUT2D eigenvalue weighted by Gasteiger charge is -2.34. The summed E-state index contributed by atoms with van der Waals surface area (Å²) in [5, 5.41) is 5.61. The number of thiophene rings is 1. The zero-order valence-electron chi connectivity index (χ0n) is 14.2. The van der Waals surface area contributed by atoms with Gasteiger partial charge in [0.25, 0.3) is 0 Å². The van der Waals surface area contributed by atoms with E-state index in [1.165, 1.54) is 0 Å². The highest BCUT2D eigenvalue weighted by molar-refractivity contribution is 7.17. The molecule has 0 spiro atoms. The Kier molecular flexibility index (Phi) is 4.87. The lowest BCUT2D eigenvalue weighted by Crippen LogP contribution is -2.41. The van der Waals surface area contributed by atoms with Crippen LogP contribution in [-0.2, 0) is 4.74 Å². The van der Waals surface area contributed by atoms with E-state index < -0.39 is 0 Å². The van der Waals surface area contributed by atoms with E-state index in [-0.39, 0.29) is 6.04 Å². The average Bonchev–Trinajstić information content (AvgIpc) is 3.12. The van der Waals surface area contributed by atoms with Gasteiger partial charge in [0.05, 0.1) is 35.2 Å². The highest BCUT2D eigenvalue weighted by Crippen LogP contribution is 2.27. The van der Waals surface area contributed by atoms with E-state index in [1.54, 1.807) is 11.3 Å². The van der Waals surface area contributed by atoms with E-state index >= 15 is 0 Å². The SMILES string of the molecule is Cc1nc(NCC(c2ccccn2)N2CCOCC2)c2sccc2n1. The third-order valence-electron chi connectivity index (χ3n) is 4.39. The molecule has 130 valence electrons. The third-order valence-corrected chi connectivity index (χ3v) is 5.30. The molecule has 1 unspecified atom stereocenters. The average molecular weight is 355 g/mol. The molecule has 1 atom stereocenters. The van der Waals surface area contributed by atoms with Crippen molar-refractivity contribution in [3.63, 3.8) is 0 Å². The summed E-state index contributed by atoms with van der Waals surface area (Å²) in [6.07, 6.45) is 1.86. The zero-order chi connectivity index (χ0) is 17.1. The maximum Gasteiger partial charge on any atom is 0.147 e. The first-order valence-electron chi connectivity index (χ1n) is 8.50. The summed E-state index contributed by atoms with van der Waals surface area (Å²) in [4.78, 5) is 16.1. The van der Waals surface area contributed by atoms with Crippen molar-refractivity contribution in [2.24, 2.45) is 0 Å². The minimum atomic E-state index is 0.190. The monoisotopic (exact) mass is 355 g/mol. The molecule has 7 heteroatoms. The quantitative estimate of drug-likeness (QED) is 0.759. The maximum absolute atomic E-state index is 5.51. The van der Waals surface area contributed by atoms with E-state index in [4.69, 9.17) is 4.74 Å². The Morgan fingerprint density at radius 2 is 2.12 bits per heavy atom. The smallest absolute Gasteiger partial charge is 0.147 e. The van der Waals surface area contributed by atoms with Crippen LogP contribution in [0.3, 0.4) is 0 Å². The Labute approximate surface area is 150 Å². The molecule has 1 aliphatic heterocycles. The molecular formula is C18H21N5OS. The van der Waals surface area contributed by atoms with Crippen molar-refractivity contribution < 1.29 is 4.74 Å². The van der Waals surface area contributed by atoms with E-state index in [1.807, 2.05) is 31.3 Å². The van der Waals surface area contributed by atoms with Gasteiger partial charge >= 0.3 is 0 Å². The van der Waals surface area contributed by atoms with Crippen LogP contribution in [0.1, 0.15) is 17.6 Å². The van der Waals surface area contributed by atoms with Crippen LogP contribution in [0, 0.1) is 6.92 Å². The third kappa shape index (κ3) is 3.63. The number of rotatable bonds is 5. The van der Waals surface area contributed by atoms with Gasteiger partial charge in [-0.1, -0.05) is 6.07 Å². The number of fused-ring (bicyclic) bond motifs is 1. The van der Waals surface area contributed by atoms with Gasteiger partial charge in [0.1, 0.15) is 11.6 Å². The molecule has 1 fully saturated rings. The summed E-state index contributed by atoms with van der Waals surface area (Å²) in [6.45, 7) is 6.05. The first-order valence-corrected chi connectivity index (χ1v) is 9.37. The number of morpholine rings is 1. The van der Waals surface area contributed by atoms with Gasteiger partial charge in [0.15, 0.2) is 0 Å². The molecule has 0 bridgehead atoms. The van der Waals surface area contributed by atoms with Gasteiger partial charge in [-0.25, -0.2) is 9.97 Å². The molecule has 4 rings (SSSR count). The van der Waals surface area contributed by atoms with Gasteiger partial charge < -0.3 is 10.1 Å². The van der Waals surface area contributed by atoms with Crippen molar-refractivity contribution in [3.8, 4) is 0 Å². The lowest BCUT2D eigenvalue weighted by atomic mass is 10.1. The summed E-state index contributed by atoms with van der Waals surface area (Å²) in [7, 11) is 0. The van der Waals surface area contributed by atoms with Crippen LogP contribution in [0.4, 0.5) is 5.82 Å². The van der Waals surface area contributed by atoms with E-state index in [2.05, 4.69) is 36.6 Å². The fourth-order valence-corrected chi connectivity index (χ4v) is 3.97. The van der Waals surface area contributed by atoms with Crippen LogP contribution in [0.5, 0.6) is 0 Å². The number of ether oxygens (including phenoxy) is 1. The normalized spacial score (nSPS) is 16.8. The van der Waals surface area contributed by atoms with Crippen LogP contribution in [0.15, 0.2) is 35.8 Å². The van der Waals surface area contributed by atoms with Crippen LogP contribution >= 0.6 is 11.3 Å². The van der Waals surface area contributed by atoms with Gasteiger partial charge in [-0.2, -0.15) is 0 Å². The summed E-state index contributed by atoms with van der Waals surface area (Å²) in [5.74, 6) is 1.70. The number of hydrogen-bond acceptors (Lipinski definition) is 7. The highest BCUT2D eigenvalue weighted by atomic mass is 32.1.